The summed E-state index contributed by atoms with van der Waals surface area (Å²) in [6.45, 7) is 5.54. The normalized spacial score (nSPS) is 14.9. The summed E-state index contributed by atoms with van der Waals surface area (Å²) in [5.41, 5.74) is 3.35. The Morgan fingerprint density at radius 2 is 1.66 bits per heavy atom. The molecule has 2 amide bonds. The van der Waals surface area contributed by atoms with Gasteiger partial charge in [0.05, 0.1) is 12.8 Å². The third kappa shape index (κ3) is 5.52. The fraction of sp³-hybridized carbons (Fsp3) is 0.286. The van der Waals surface area contributed by atoms with Gasteiger partial charge in [0.15, 0.2) is 0 Å². The first-order valence-corrected chi connectivity index (χ1v) is 11.7. The number of rotatable bonds is 6. The third-order valence-corrected chi connectivity index (χ3v) is 6.36. The number of amides is 2. The van der Waals surface area contributed by atoms with Gasteiger partial charge in [-0.25, -0.2) is 4.39 Å². The molecule has 6 nitrogen and oxygen atoms in total. The van der Waals surface area contributed by atoms with E-state index in [9.17, 15) is 14.0 Å². The van der Waals surface area contributed by atoms with Crippen molar-refractivity contribution in [3.63, 3.8) is 0 Å². The highest BCUT2D eigenvalue weighted by atomic mass is 19.1. The minimum absolute atomic E-state index is 0.166. The van der Waals surface area contributed by atoms with Crippen molar-refractivity contribution in [2.24, 2.45) is 0 Å². The number of benzene rings is 3. The fourth-order valence-corrected chi connectivity index (χ4v) is 4.38. The van der Waals surface area contributed by atoms with Gasteiger partial charge in [0, 0.05) is 31.7 Å². The van der Waals surface area contributed by atoms with E-state index in [1.165, 1.54) is 6.07 Å². The zero-order valence-electron chi connectivity index (χ0n) is 20.3. The maximum atomic E-state index is 14.0. The summed E-state index contributed by atoms with van der Waals surface area (Å²) in [6, 6.07) is 19.3. The molecule has 7 heteroatoms. The number of aryl methyl sites for hydroxylation is 2. The van der Waals surface area contributed by atoms with Crippen molar-refractivity contribution in [2.75, 3.05) is 38.6 Å². The quantitative estimate of drug-likeness (QED) is 0.567. The van der Waals surface area contributed by atoms with Gasteiger partial charge in [-0.05, 0) is 54.8 Å². The molecule has 182 valence electrons. The average Bonchev–Trinajstić information content (AvgIpc) is 2.87. The van der Waals surface area contributed by atoms with Crippen LogP contribution in [0.15, 0.2) is 66.7 Å². The maximum absolute atomic E-state index is 14.0. The number of carbonyl (C=O) groups is 2. The number of nitrogens with zero attached hydrogens (tertiary/aromatic N) is 2. The Morgan fingerprint density at radius 1 is 0.943 bits per heavy atom. The Balaban J connectivity index is 1.52. The molecule has 1 fully saturated rings. The second-order valence-corrected chi connectivity index (χ2v) is 8.80. The Bertz CT molecular complexity index is 1210. The molecule has 0 bridgehead atoms. The molecule has 0 saturated carbocycles. The summed E-state index contributed by atoms with van der Waals surface area (Å²) in [6.07, 6.45) is 0. The molecule has 3 aromatic carbocycles. The molecule has 4 rings (SSSR count). The molecule has 1 aliphatic rings. The highest BCUT2D eigenvalue weighted by Crippen LogP contribution is 2.29. The zero-order valence-corrected chi connectivity index (χ0v) is 20.3. The van der Waals surface area contributed by atoms with Crippen molar-refractivity contribution >= 4 is 17.5 Å². The lowest BCUT2D eigenvalue weighted by atomic mass is 10.0. The first-order chi connectivity index (χ1) is 16.9. The Morgan fingerprint density at radius 3 is 2.31 bits per heavy atom. The van der Waals surface area contributed by atoms with Crippen LogP contribution >= 0.6 is 0 Å². The zero-order chi connectivity index (χ0) is 24.9. The minimum atomic E-state index is -0.532. The molecule has 0 radical (unpaired) electrons. The molecule has 1 unspecified atom stereocenters. The van der Waals surface area contributed by atoms with Crippen molar-refractivity contribution in [3.8, 4) is 5.75 Å². The van der Waals surface area contributed by atoms with Gasteiger partial charge in [0.25, 0.3) is 5.91 Å². The van der Waals surface area contributed by atoms with Crippen LogP contribution < -0.4 is 10.1 Å². The number of nitrogens with one attached hydrogen (secondary N) is 1. The molecule has 0 aromatic heterocycles. The van der Waals surface area contributed by atoms with Gasteiger partial charge in [0.2, 0.25) is 5.91 Å². The molecule has 0 aliphatic carbocycles. The molecule has 1 heterocycles. The molecule has 1 aliphatic heterocycles. The van der Waals surface area contributed by atoms with E-state index < -0.39 is 6.04 Å². The smallest absolute Gasteiger partial charge is 0.254 e. The van der Waals surface area contributed by atoms with Crippen molar-refractivity contribution in [1.82, 2.24) is 9.80 Å². The number of halogens is 1. The van der Waals surface area contributed by atoms with Crippen LogP contribution in [-0.2, 0) is 4.79 Å². The van der Waals surface area contributed by atoms with Crippen LogP contribution in [-0.4, -0.2) is 54.9 Å². The Labute approximate surface area is 205 Å². The highest BCUT2D eigenvalue weighted by molar-refractivity contribution is 5.97. The van der Waals surface area contributed by atoms with Gasteiger partial charge in [-0.3, -0.25) is 14.5 Å². The van der Waals surface area contributed by atoms with E-state index in [0.717, 1.165) is 11.1 Å². The lowest BCUT2D eigenvalue weighted by Crippen LogP contribution is -2.51. The molecule has 0 spiro atoms. The molecular formula is C28H30FN3O3. The van der Waals surface area contributed by atoms with E-state index in [2.05, 4.69) is 10.2 Å². The molecule has 35 heavy (non-hydrogen) atoms. The van der Waals surface area contributed by atoms with Crippen LogP contribution in [0.1, 0.15) is 33.1 Å². The van der Waals surface area contributed by atoms with Crippen LogP contribution in [0.3, 0.4) is 0 Å². The minimum Gasteiger partial charge on any atom is -0.495 e. The highest BCUT2D eigenvalue weighted by Gasteiger charge is 2.32. The lowest BCUT2D eigenvalue weighted by Gasteiger charge is -2.39. The van der Waals surface area contributed by atoms with E-state index in [1.54, 1.807) is 31.1 Å². The van der Waals surface area contributed by atoms with Gasteiger partial charge < -0.3 is 15.0 Å². The van der Waals surface area contributed by atoms with Gasteiger partial charge >= 0.3 is 0 Å². The first-order valence-electron chi connectivity index (χ1n) is 11.7. The van der Waals surface area contributed by atoms with Gasteiger partial charge in [-0.15, -0.1) is 0 Å². The number of carbonyl (C=O) groups excluding carboxylic acids is 2. The number of methoxy groups -OCH3 is 1. The monoisotopic (exact) mass is 475 g/mol. The molecule has 1 saturated heterocycles. The van der Waals surface area contributed by atoms with Gasteiger partial charge in [-0.2, -0.15) is 0 Å². The third-order valence-electron chi connectivity index (χ3n) is 6.36. The standard InChI is InChI=1S/C28H30FN3O3/c1-19-9-12-25(35-3)24(17-19)30-27(33)26(21-7-5-4-6-8-21)31-13-15-32(16-14-31)28(34)22-11-10-20(2)23(29)18-22/h4-12,17-18,26H,13-16H2,1-3H3,(H,30,33). The summed E-state index contributed by atoms with van der Waals surface area (Å²) < 4.78 is 19.4. The van der Waals surface area contributed by atoms with Crippen LogP contribution in [0, 0.1) is 19.7 Å². The predicted octanol–water partition coefficient (Wildman–Crippen LogP) is 4.59. The SMILES string of the molecule is COc1ccc(C)cc1NC(=O)C(c1ccccc1)N1CCN(C(=O)c2ccc(C)c(F)c2)CC1. The largest absolute Gasteiger partial charge is 0.495 e. The van der Waals surface area contributed by atoms with Crippen LogP contribution in [0.4, 0.5) is 10.1 Å². The second kappa shape index (κ2) is 10.7. The summed E-state index contributed by atoms with van der Waals surface area (Å²) in [7, 11) is 1.57. The average molecular weight is 476 g/mol. The Kier molecular flexibility index (Phi) is 7.46. The summed E-state index contributed by atoms with van der Waals surface area (Å²) in [5, 5.41) is 3.04. The van der Waals surface area contributed by atoms with Crippen molar-refractivity contribution < 1.29 is 18.7 Å². The second-order valence-electron chi connectivity index (χ2n) is 8.80. The Hall–Kier alpha value is -3.71. The van der Waals surface area contributed by atoms with Crippen molar-refractivity contribution in [2.45, 2.75) is 19.9 Å². The van der Waals surface area contributed by atoms with Crippen LogP contribution in [0.5, 0.6) is 5.75 Å². The van der Waals surface area contributed by atoms with Crippen LogP contribution in [0.25, 0.3) is 0 Å². The van der Waals surface area contributed by atoms with Crippen molar-refractivity contribution in [1.29, 1.82) is 0 Å². The summed E-state index contributed by atoms with van der Waals surface area (Å²) in [4.78, 5) is 30.3. The van der Waals surface area contributed by atoms with E-state index in [0.29, 0.717) is 48.7 Å². The predicted molar refractivity (Wildman–Crippen MR) is 134 cm³/mol. The van der Waals surface area contributed by atoms with E-state index >= 15 is 0 Å². The molecule has 1 atom stereocenters. The molecule has 3 aromatic rings. The number of hydrogen-bond acceptors (Lipinski definition) is 4. The van der Waals surface area contributed by atoms with E-state index in [4.69, 9.17) is 4.74 Å². The van der Waals surface area contributed by atoms with Crippen LogP contribution in [0.2, 0.25) is 0 Å². The van der Waals surface area contributed by atoms with Crippen molar-refractivity contribution in [3.05, 3.63) is 94.8 Å². The van der Waals surface area contributed by atoms with E-state index in [1.807, 2.05) is 55.5 Å². The molecular weight excluding hydrogens is 445 g/mol. The van der Waals surface area contributed by atoms with E-state index in [-0.39, 0.29) is 17.6 Å². The first kappa shape index (κ1) is 24.4. The maximum Gasteiger partial charge on any atom is 0.254 e. The number of piperazine rings is 1. The number of hydrogen-bond donors (Lipinski definition) is 1. The van der Waals surface area contributed by atoms with Gasteiger partial charge in [0.1, 0.15) is 17.6 Å². The number of anilines is 1. The fourth-order valence-electron chi connectivity index (χ4n) is 4.38. The lowest BCUT2D eigenvalue weighted by molar-refractivity contribution is -0.122. The summed E-state index contributed by atoms with van der Waals surface area (Å²) in [5.74, 6) is -0.160. The van der Waals surface area contributed by atoms with Gasteiger partial charge in [-0.1, -0.05) is 42.5 Å². The molecule has 1 N–H and O–H groups in total. The number of ether oxygens (including phenoxy) is 1. The summed E-state index contributed by atoms with van der Waals surface area (Å²) >= 11 is 0. The topological polar surface area (TPSA) is 61.9 Å².